The minimum absolute atomic E-state index is 0.475. The minimum atomic E-state index is 0.475. The number of aryl methyl sites for hydroxylation is 2. The third-order valence-corrected chi connectivity index (χ3v) is 2.19. The Balaban J connectivity index is 2.44. The number of aromatic nitrogens is 4. The average Bonchev–Trinajstić information content (AvgIpc) is 2.66. The molecule has 0 atom stereocenters. The van der Waals surface area contributed by atoms with Crippen molar-refractivity contribution in [2.24, 2.45) is 0 Å². The molecule has 5 nitrogen and oxygen atoms in total. The molecule has 5 heteroatoms. The molecule has 0 unspecified atom stereocenters. The third kappa shape index (κ3) is 1.81. The molecule has 15 heavy (non-hydrogen) atoms. The van der Waals surface area contributed by atoms with Gasteiger partial charge < -0.3 is 5.73 Å². The van der Waals surface area contributed by atoms with Crippen molar-refractivity contribution < 1.29 is 0 Å². The van der Waals surface area contributed by atoms with E-state index in [0.717, 1.165) is 23.5 Å². The topological polar surface area (TPSA) is 69.6 Å². The van der Waals surface area contributed by atoms with Crippen LogP contribution in [-0.4, -0.2) is 20.0 Å². The van der Waals surface area contributed by atoms with Gasteiger partial charge in [0.05, 0.1) is 11.9 Å². The summed E-state index contributed by atoms with van der Waals surface area (Å²) in [6.07, 6.45) is 2.72. The lowest BCUT2D eigenvalue weighted by Gasteiger charge is -2.03. The van der Waals surface area contributed by atoms with Crippen LogP contribution in [0.2, 0.25) is 0 Å². The summed E-state index contributed by atoms with van der Waals surface area (Å²) >= 11 is 0. The van der Waals surface area contributed by atoms with Crippen LogP contribution in [-0.2, 0) is 6.42 Å². The predicted octanol–water partition coefficient (Wildman–Crippen LogP) is 1.12. The fraction of sp³-hybridized carbons (Fsp3) is 0.300. The number of nitrogens with zero attached hydrogens (tertiary/aromatic N) is 4. The summed E-state index contributed by atoms with van der Waals surface area (Å²) in [6.45, 7) is 3.93. The zero-order valence-electron chi connectivity index (χ0n) is 8.81. The molecule has 0 aliphatic rings. The van der Waals surface area contributed by atoms with E-state index in [1.807, 2.05) is 32.2 Å². The van der Waals surface area contributed by atoms with Crippen molar-refractivity contribution in [2.45, 2.75) is 20.3 Å². The van der Waals surface area contributed by atoms with Crippen molar-refractivity contribution in [1.82, 2.24) is 20.0 Å². The van der Waals surface area contributed by atoms with Gasteiger partial charge in [0.2, 0.25) is 0 Å². The van der Waals surface area contributed by atoms with Crippen LogP contribution in [0.1, 0.15) is 18.3 Å². The van der Waals surface area contributed by atoms with E-state index in [1.165, 1.54) is 0 Å². The van der Waals surface area contributed by atoms with E-state index in [1.54, 1.807) is 4.68 Å². The Morgan fingerprint density at radius 3 is 2.80 bits per heavy atom. The van der Waals surface area contributed by atoms with Crippen LogP contribution in [0.15, 0.2) is 18.3 Å². The van der Waals surface area contributed by atoms with Crippen LogP contribution >= 0.6 is 0 Å². The molecule has 0 aliphatic heterocycles. The molecule has 2 aromatic heterocycles. The Kier molecular flexibility index (Phi) is 2.37. The maximum atomic E-state index is 5.80. The predicted molar refractivity (Wildman–Crippen MR) is 57.7 cm³/mol. The molecule has 0 saturated heterocycles. The van der Waals surface area contributed by atoms with Gasteiger partial charge in [-0.25, -0.2) is 9.67 Å². The van der Waals surface area contributed by atoms with Crippen LogP contribution in [0, 0.1) is 6.92 Å². The summed E-state index contributed by atoms with van der Waals surface area (Å²) in [4.78, 5) is 4.17. The zero-order chi connectivity index (χ0) is 10.8. The maximum absolute atomic E-state index is 5.80. The number of anilines is 1. The Labute approximate surface area is 87.9 Å². The van der Waals surface area contributed by atoms with E-state index in [-0.39, 0.29) is 0 Å². The van der Waals surface area contributed by atoms with Crippen molar-refractivity contribution in [2.75, 3.05) is 5.73 Å². The van der Waals surface area contributed by atoms with Gasteiger partial charge in [-0.1, -0.05) is 12.1 Å². The second-order valence-electron chi connectivity index (χ2n) is 3.37. The molecule has 0 bridgehead atoms. The molecule has 2 N–H and O–H groups in total. The van der Waals surface area contributed by atoms with Gasteiger partial charge in [0.15, 0.2) is 0 Å². The lowest BCUT2D eigenvalue weighted by Crippen LogP contribution is -2.03. The summed E-state index contributed by atoms with van der Waals surface area (Å²) in [5, 5.41) is 8.00. The molecule has 2 aromatic rings. The Morgan fingerprint density at radius 2 is 2.20 bits per heavy atom. The highest BCUT2D eigenvalue weighted by atomic mass is 15.4. The number of nitrogens with two attached hydrogens (primary N) is 1. The van der Waals surface area contributed by atoms with Gasteiger partial charge in [0.25, 0.3) is 0 Å². The van der Waals surface area contributed by atoms with E-state index in [2.05, 4.69) is 15.3 Å². The summed E-state index contributed by atoms with van der Waals surface area (Å²) < 4.78 is 1.65. The first-order valence-corrected chi connectivity index (χ1v) is 4.85. The number of pyridine rings is 1. The summed E-state index contributed by atoms with van der Waals surface area (Å²) in [6, 6.07) is 3.80. The molecule has 78 valence electrons. The summed E-state index contributed by atoms with van der Waals surface area (Å²) in [7, 11) is 0. The molecule has 0 fully saturated rings. The Morgan fingerprint density at radius 1 is 1.40 bits per heavy atom. The van der Waals surface area contributed by atoms with Gasteiger partial charge in [0.1, 0.15) is 11.5 Å². The molecular weight excluding hydrogens is 190 g/mol. The molecular formula is C10H13N5. The van der Waals surface area contributed by atoms with Gasteiger partial charge in [0, 0.05) is 5.69 Å². The van der Waals surface area contributed by atoms with Crippen molar-refractivity contribution >= 4 is 5.82 Å². The van der Waals surface area contributed by atoms with Crippen molar-refractivity contribution in [3.05, 3.63) is 29.7 Å². The Bertz CT molecular complexity index is 474. The third-order valence-electron chi connectivity index (χ3n) is 2.19. The van der Waals surface area contributed by atoms with Gasteiger partial charge in [-0.3, -0.25) is 0 Å². The molecule has 0 aromatic carbocycles. The van der Waals surface area contributed by atoms with Gasteiger partial charge in [-0.05, 0) is 25.5 Å². The van der Waals surface area contributed by atoms with Crippen molar-refractivity contribution in [1.29, 1.82) is 0 Å². The molecule has 0 amide bonds. The first kappa shape index (κ1) is 9.64. The second-order valence-corrected chi connectivity index (χ2v) is 3.37. The van der Waals surface area contributed by atoms with E-state index in [4.69, 9.17) is 5.73 Å². The maximum Gasteiger partial charge on any atom is 0.149 e. The monoisotopic (exact) mass is 203 g/mol. The van der Waals surface area contributed by atoms with Crippen LogP contribution in [0.25, 0.3) is 5.69 Å². The Hall–Kier alpha value is -1.91. The van der Waals surface area contributed by atoms with Gasteiger partial charge >= 0.3 is 0 Å². The van der Waals surface area contributed by atoms with Gasteiger partial charge in [-0.15, -0.1) is 5.10 Å². The van der Waals surface area contributed by atoms with Crippen molar-refractivity contribution in [3.63, 3.8) is 0 Å². The SMILES string of the molecule is CCc1cn(-c2ccc(C)nc2N)nn1. The molecule has 2 heterocycles. The highest BCUT2D eigenvalue weighted by Gasteiger charge is 2.05. The van der Waals surface area contributed by atoms with E-state index in [0.29, 0.717) is 5.82 Å². The zero-order valence-corrected chi connectivity index (χ0v) is 8.81. The van der Waals surface area contributed by atoms with Crippen LogP contribution < -0.4 is 5.73 Å². The molecule has 0 spiro atoms. The largest absolute Gasteiger partial charge is 0.382 e. The lowest BCUT2D eigenvalue weighted by molar-refractivity contribution is 0.796. The normalized spacial score (nSPS) is 10.5. The lowest BCUT2D eigenvalue weighted by atomic mass is 10.3. The van der Waals surface area contributed by atoms with E-state index >= 15 is 0 Å². The quantitative estimate of drug-likeness (QED) is 0.793. The molecule has 2 rings (SSSR count). The fourth-order valence-electron chi connectivity index (χ4n) is 1.34. The van der Waals surface area contributed by atoms with Crippen LogP contribution in [0.5, 0.6) is 0 Å². The number of rotatable bonds is 2. The highest BCUT2D eigenvalue weighted by Crippen LogP contribution is 2.14. The number of hydrogen-bond donors (Lipinski definition) is 1. The standard InChI is InChI=1S/C10H13N5/c1-3-8-6-15(14-13-8)9-5-4-7(2)12-10(9)11/h4-6H,3H2,1-2H3,(H2,11,12). The fourth-order valence-corrected chi connectivity index (χ4v) is 1.34. The molecule has 0 radical (unpaired) electrons. The van der Waals surface area contributed by atoms with E-state index in [9.17, 15) is 0 Å². The van der Waals surface area contributed by atoms with Gasteiger partial charge in [-0.2, -0.15) is 0 Å². The molecule has 0 saturated carbocycles. The first-order valence-electron chi connectivity index (χ1n) is 4.85. The van der Waals surface area contributed by atoms with Crippen molar-refractivity contribution in [3.8, 4) is 5.69 Å². The number of hydrogen-bond acceptors (Lipinski definition) is 4. The smallest absolute Gasteiger partial charge is 0.149 e. The summed E-state index contributed by atoms with van der Waals surface area (Å²) in [5.74, 6) is 0.475. The highest BCUT2D eigenvalue weighted by molar-refractivity contribution is 5.51. The average molecular weight is 203 g/mol. The summed E-state index contributed by atoms with van der Waals surface area (Å²) in [5.41, 5.74) is 8.41. The number of nitrogen functional groups attached to an aromatic ring is 1. The molecule has 0 aliphatic carbocycles. The first-order chi connectivity index (χ1) is 7.20. The minimum Gasteiger partial charge on any atom is -0.382 e. The second kappa shape index (κ2) is 3.68. The van der Waals surface area contributed by atoms with E-state index < -0.39 is 0 Å². The van der Waals surface area contributed by atoms with Crippen LogP contribution in [0.4, 0.5) is 5.82 Å². The van der Waals surface area contributed by atoms with Crippen LogP contribution in [0.3, 0.4) is 0 Å².